The van der Waals surface area contributed by atoms with Gasteiger partial charge in [-0.05, 0) is 17.7 Å². The van der Waals surface area contributed by atoms with E-state index in [1.165, 1.54) is 0 Å². The van der Waals surface area contributed by atoms with Crippen LogP contribution in [0.5, 0.6) is 0 Å². The Morgan fingerprint density at radius 2 is 2.38 bits per heavy atom. The van der Waals surface area contributed by atoms with Crippen LogP contribution in [0.15, 0.2) is 24.3 Å². The minimum atomic E-state index is -0.543. The van der Waals surface area contributed by atoms with Crippen LogP contribution in [0.25, 0.3) is 0 Å². The minimum absolute atomic E-state index is 0.0259. The van der Waals surface area contributed by atoms with Crippen LogP contribution in [-0.4, -0.2) is 30.8 Å². The van der Waals surface area contributed by atoms with Crippen LogP contribution < -0.4 is 4.90 Å². The average molecular weight is 221 g/mol. The molecule has 1 unspecified atom stereocenters. The van der Waals surface area contributed by atoms with Gasteiger partial charge in [-0.3, -0.25) is 4.79 Å². The molecule has 1 fully saturated rings. The highest BCUT2D eigenvalue weighted by molar-refractivity contribution is 5.96. The predicted molar refractivity (Wildman–Crippen MR) is 60.1 cm³/mol. The molecule has 1 saturated heterocycles. The third-order valence-electron chi connectivity index (χ3n) is 2.64. The molecule has 0 saturated carbocycles. The lowest BCUT2D eigenvalue weighted by atomic mass is 10.2. The zero-order chi connectivity index (χ0) is 11.5. The van der Waals surface area contributed by atoms with Crippen LogP contribution in [0.4, 0.5) is 5.69 Å². The first kappa shape index (κ1) is 11.1. The molecule has 1 amide bonds. The highest BCUT2D eigenvalue weighted by atomic mass is 16.5. The number of anilines is 1. The first-order valence-corrected chi connectivity index (χ1v) is 5.27. The molecule has 1 N–H and O–H groups in total. The maximum absolute atomic E-state index is 11.6. The SMILES string of the molecule is COCc1cccc(N2CC(O)CC2=O)c1. The maximum atomic E-state index is 11.6. The highest BCUT2D eigenvalue weighted by Gasteiger charge is 2.28. The Balaban J connectivity index is 2.20. The first-order chi connectivity index (χ1) is 7.70. The zero-order valence-corrected chi connectivity index (χ0v) is 9.22. The molecule has 0 aromatic heterocycles. The molecule has 1 aromatic rings. The third kappa shape index (κ3) is 2.23. The fourth-order valence-electron chi connectivity index (χ4n) is 1.92. The summed E-state index contributed by atoms with van der Waals surface area (Å²) in [6.45, 7) is 0.910. The Hall–Kier alpha value is -1.39. The van der Waals surface area contributed by atoms with E-state index in [0.717, 1.165) is 11.3 Å². The maximum Gasteiger partial charge on any atom is 0.229 e. The lowest BCUT2D eigenvalue weighted by Crippen LogP contribution is -2.25. The second-order valence-corrected chi connectivity index (χ2v) is 3.97. The topological polar surface area (TPSA) is 49.8 Å². The number of carbonyl (C=O) groups excluding carboxylic acids is 1. The number of aliphatic hydroxyl groups is 1. The number of hydrogen-bond acceptors (Lipinski definition) is 3. The fourth-order valence-corrected chi connectivity index (χ4v) is 1.92. The molecular formula is C12H15NO3. The summed E-state index contributed by atoms with van der Waals surface area (Å²) in [6, 6.07) is 7.63. The molecule has 0 radical (unpaired) electrons. The van der Waals surface area contributed by atoms with Crippen molar-refractivity contribution in [2.75, 3.05) is 18.6 Å². The van der Waals surface area contributed by atoms with Gasteiger partial charge in [0.15, 0.2) is 0 Å². The summed E-state index contributed by atoms with van der Waals surface area (Å²) in [5.41, 5.74) is 1.85. The number of hydrogen-bond donors (Lipinski definition) is 1. The molecule has 1 heterocycles. The number of β-amino-alcohol motifs (C(OH)–C–C–N with tert-alkyl or cyclic N) is 1. The van der Waals surface area contributed by atoms with Crippen molar-refractivity contribution in [2.45, 2.75) is 19.1 Å². The van der Waals surface area contributed by atoms with Gasteiger partial charge in [-0.25, -0.2) is 0 Å². The largest absolute Gasteiger partial charge is 0.391 e. The molecule has 1 atom stereocenters. The van der Waals surface area contributed by atoms with Crippen molar-refractivity contribution in [1.82, 2.24) is 0 Å². The van der Waals surface area contributed by atoms with Crippen LogP contribution in [-0.2, 0) is 16.1 Å². The van der Waals surface area contributed by atoms with Crippen molar-refractivity contribution >= 4 is 11.6 Å². The molecule has 0 spiro atoms. The van der Waals surface area contributed by atoms with Gasteiger partial charge in [0, 0.05) is 12.8 Å². The Labute approximate surface area is 94.4 Å². The van der Waals surface area contributed by atoms with Crippen LogP contribution in [0.3, 0.4) is 0 Å². The number of carbonyl (C=O) groups is 1. The second kappa shape index (κ2) is 4.63. The van der Waals surface area contributed by atoms with Crippen molar-refractivity contribution in [2.24, 2.45) is 0 Å². The molecule has 2 rings (SSSR count). The number of amides is 1. The lowest BCUT2D eigenvalue weighted by molar-refractivity contribution is -0.117. The van der Waals surface area contributed by atoms with Crippen LogP contribution in [0.1, 0.15) is 12.0 Å². The third-order valence-corrected chi connectivity index (χ3v) is 2.64. The zero-order valence-electron chi connectivity index (χ0n) is 9.22. The Morgan fingerprint density at radius 3 is 3.00 bits per heavy atom. The summed E-state index contributed by atoms with van der Waals surface area (Å²) in [4.78, 5) is 13.2. The summed E-state index contributed by atoms with van der Waals surface area (Å²) < 4.78 is 5.04. The highest BCUT2D eigenvalue weighted by Crippen LogP contribution is 2.22. The predicted octanol–water partition coefficient (Wildman–Crippen LogP) is 0.931. The summed E-state index contributed by atoms with van der Waals surface area (Å²) in [7, 11) is 1.64. The van der Waals surface area contributed by atoms with Gasteiger partial charge in [0.05, 0.1) is 25.7 Å². The van der Waals surface area contributed by atoms with Crippen molar-refractivity contribution in [3.63, 3.8) is 0 Å². The van der Waals surface area contributed by atoms with Gasteiger partial charge in [0.1, 0.15) is 0 Å². The molecule has 0 aliphatic carbocycles. The van der Waals surface area contributed by atoms with Gasteiger partial charge in [-0.1, -0.05) is 12.1 Å². The van der Waals surface area contributed by atoms with Crippen LogP contribution in [0.2, 0.25) is 0 Å². The molecule has 4 heteroatoms. The Morgan fingerprint density at radius 1 is 1.56 bits per heavy atom. The summed E-state index contributed by atoms with van der Waals surface area (Å²) in [5, 5.41) is 9.42. The van der Waals surface area contributed by atoms with E-state index in [0.29, 0.717) is 13.2 Å². The standard InChI is InChI=1S/C12H15NO3/c1-16-8-9-3-2-4-10(5-9)13-7-11(14)6-12(13)15/h2-5,11,14H,6-8H2,1H3. The Bertz CT molecular complexity index is 392. The number of ether oxygens (including phenoxy) is 1. The molecule has 1 aliphatic heterocycles. The summed E-state index contributed by atoms with van der Waals surface area (Å²) in [5.74, 6) is -0.0259. The number of nitrogens with zero attached hydrogens (tertiary/aromatic N) is 1. The normalized spacial score (nSPS) is 20.5. The lowest BCUT2D eigenvalue weighted by Gasteiger charge is -2.16. The van der Waals surface area contributed by atoms with E-state index in [4.69, 9.17) is 4.74 Å². The van der Waals surface area contributed by atoms with Gasteiger partial charge in [0.2, 0.25) is 5.91 Å². The minimum Gasteiger partial charge on any atom is -0.391 e. The summed E-state index contributed by atoms with van der Waals surface area (Å²) in [6.07, 6.45) is -0.326. The summed E-state index contributed by atoms with van der Waals surface area (Å²) >= 11 is 0. The molecule has 1 aliphatic rings. The van der Waals surface area contributed by atoms with Gasteiger partial charge < -0.3 is 14.7 Å². The molecular weight excluding hydrogens is 206 g/mol. The molecule has 4 nitrogen and oxygen atoms in total. The number of benzene rings is 1. The fraction of sp³-hybridized carbons (Fsp3) is 0.417. The molecule has 1 aromatic carbocycles. The van der Waals surface area contributed by atoms with Crippen molar-refractivity contribution in [3.8, 4) is 0 Å². The van der Waals surface area contributed by atoms with Crippen molar-refractivity contribution < 1.29 is 14.6 Å². The average Bonchev–Trinajstić information content (AvgIpc) is 2.59. The molecule has 86 valence electrons. The van der Waals surface area contributed by atoms with Crippen molar-refractivity contribution in [3.05, 3.63) is 29.8 Å². The quantitative estimate of drug-likeness (QED) is 0.826. The molecule has 16 heavy (non-hydrogen) atoms. The smallest absolute Gasteiger partial charge is 0.229 e. The van der Waals surface area contributed by atoms with E-state index in [1.54, 1.807) is 12.0 Å². The van der Waals surface area contributed by atoms with Gasteiger partial charge in [0.25, 0.3) is 0 Å². The number of rotatable bonds is 3. The van der Waals surface area contributed by atoms with E-state index in [1.807, 2.05) is 24.3 Å². The van der Waals surface area contributed by atoms with Gasteiger partial charge in [-0.2, -0.15) is 0 Å². The second-order valence-electron chi connectivity index (χ2n) is 3.97. The number of aliphatic hydroxyl groups excluding tert-OH is 1. The van der Waals surface area contributed by atoms with Crippen LogP contribution in [0, 0.1) is 0 Å². The first-order valence-electron chi connectivity index (χ1n) is 5.27. The van der Waals surface area contributed by atoms with Crippen molar-refractivity contribution in [1.29, 1.82) is 0 Å². The van der Waals surface area contributed by atoms with Gasteiger partial charge >= 0.3 is 0 Å². The van der Waals surface area contributed by atoms with E-state index in [9.17, 15) is 9.90 Å². The Kier molecular flexibility index (Phi) is 3.22. The number of methoxy groups -OCH3 is 1. The molecule has 0 bridgehead atoms. The van der Waals surface area contributed by atoms with E-state index in [-0.39, 0.29) is 12.3 Å². The van der Waals surface area contributed by atoms with E-state index >= 15 is 0 Å². The monoisotopic (exact) mass is 221 g/mol. The van der Waals surface area contributed by atoms with E-state index in [2.05, 4.69) is 0 Å². The van der Waals surface area contributed by atoms with Crippen LogP contribution >= 0.6 is 0 Å². The van der Waals surface area contributed by atoms with Gasteiger partial charge in [-0.15, -0.1) is 0 Å². The van der Waals surface area contributed by atoms with E-state index < -0.39 is 6.10 Å².